The molecule has 1 rings (SSSR count). The fourth-order valence-electron chi connectivity index (χ4n) is 0.664. The van der Waals surface area contributed by atoms with Gasteiger partial charge in [-0.2, -0.15) is 0 Å². The molecule has 62 valence electrons. The molecule has 0 aliphatic heterocycles. The SMILES string of the molecule is NC(CO)C(O)c1nccs1. The molecular weight excluding hydrogens is 164 g/mol. The highest BCUT2D eigenvalue weighted by atomic mass is 32.1. The second-order valence-corrected chi connectivity index (χ2v) is 3.09. The summed E-state index contributed by atoms with van der Waals surface area (Å²) in [5, 5.41) is 20.2. The molecular formula is C6H10N2O2S. The van der Waals surface area contributed by atoms with E-state index in [0.717, 1.165) is 0 Å². The zero-order valence-electron chi connectivity index (χ0n) is 5.84. The Morgan fingerprint density at radius 2 is 2.45 bits per heavy atom. The van der Waals surface area contributed by atoms with Gasteiger partial charge in [0.05, 0.1) is 12.6 Å². The highest BCUT2D eigenvalue weighted by Crippen LogP contribution is 2.17. The van der Waals surface area contributed by atoms with Gasteiger partial charge < -0.3 is 15.9 Å². The van der Waals surface area contributed by atoms with E-state index in [2.05, 4.69) is 4.98 Å². The lowest BCUT2D eigenvalue weighted by Crippen LogP contribution is -2.31. The van der Waals surface area contributed by atoms with Crippen molar-refractivity contribution in [3.63, 3.8) is 0 Å². The zero-order chi connectivity index (χ0) is 8.27. The van der Waals surface area contributed by atoms with Crippen LogP contribution in [-0.4, -0.2) is 27.8 Å². The minimum absolute atomic E-state index is 0.235. The van der Waals surface area contributed by atoms with Gasteiger partial charge in [-0.05, 0) is 0 Å². The van der Waals surface area contributed by atoms with Crippen molar-refractivity contribution < 1.29 is 10.2 Å². The van der Waals surface area contributed by atoms with Gasteiger partial charge >= 0.3 is 0 Å². The van der Waals surface area contributed by atoms with Crippen molar-refractivity contribution in [1.82, 2.24) is 4.98 Å². The van der Waals surface area contributed by atoms with E-state index in [1.165, 1.54) is 11.3 Å². The molecule has 0 bridgehead atoms. The summed E-state index contributed by atoms with van der Waals surface area (Å²) in [5.41, 5.74) is 5.37. The quantitative estimate of drug-likeness (QED) is 0.577. The fraction of sp³-hybridized carbons (Fsp3) is 0.500. The molecule has 0 aliphatic carbocycles. The summed E-state index contributed by atoms with van der Waals surface area (Å²) >= 11 is 1.32. The predicted octanol–water partition coefficient (Wildman–Crippen LogP) is -0.504. The maximum absolute atomic E-state index is 9.34. The Hall–Kier alpha value is -0.490. The second-order valence-electron chi connectivity index (χ2n) is 2.16. The Kier molecular flexibility index (Phi) is 2.95. The topological polar surface area (TPSA) is 79.4 Å². The Labute approximate surface area is 68.3 Å². The summed E-state index contributed by atoms with van der Waals surface area (Å²) in [6.07, 6.45) is 0.743. The highest BCUT2D eigenvalue weighted by Gasteiger charge is 2.17. The minimum atomic E-state index is -0.847. The first kappa shape index (κ1) is 8.61. The smallest absolute Gasteiger partial charge is 0.123 e. The molecule has 4 nitrogen and oxygen atoms in total. The molecule has 0 aliphatic rings. The molecule has 11 heavy (non-hydrogen) atoms. The van der Waals surface area contributed by atoms with E-state index in [9.17, 15) is 5.11 Å². The van der Waals surface area contributed by atoms with Crippen molar-refractivity contribution in [3.05, 3.63) is 16.6 Å². The number of aliphatic hydroxyl groups excluding tert-OH is 2. The first-order valence-corrected chi connectivity index (χ1v) is 4.07. The zero-order valence-corrected chi connectivity index (χ0v) is 6.66. The summed E-state index contributed by atoms with van der Waals surface area (Å²) in [6, 6.07) is -0.638. The summed E-state index contributed by atoms with van der Waals surface area (Å²) in [5.74, 6) is 0. The van der Waals surface area contributed by atoms with Gasteiger partial charge in [0.1, 0.15) is 11.1 Å². The van der Waals surface area contributed by atoms with Gasteiger partial charge in [-0.1, -0.05) is 0 Å². The van der Waals surface area contributed by atoms with E-state index < -0.39 is 12.1 Å². The summed E-state index contributed by atoms with van der Waals surface area (Å²) in [7, 11) is 0. The number of aliphatic hydroxyl groups is 2. The lowest BCUT2D eigenvalue weighted by molar-refractivity contribution is 0.109. The molecule has 0 aromatic carbocycles. The Morgan fingerprint density at radius 1 is 1.73 bits per heavy atom. The Bertz CT molecular complexity index is 202. The molecule has 0 saturated heterocycles. The van der Waals surface area contributed by atoms with Crippen LogP contribution in [0.4, 0.5) is 0 Å². The van der Waals surface area contributed by atoms with Crippen LogP contribution in [0, 0.1) is 0 Å². The molecule has 1 aromatic heterocycles. The van der Waals surface area contributed by atoms with Crippen LogP contribution in [0.3, 0.4) is 0 Å². The minimum Gasteiger partial charge on any atom is -0.395 e. The molecule has 1 heterocycles. The molecule has 0 spiro atoms. The molecule has 0 radical (unpaired) electrons. The van der Waals surface area contributed by atoms with Crippen molar-refractivity contribution in [1.29, 1.82) is 0 Å². The van der Waals surface area contributed by atoms with Crippen LogP contribution in [-0.2, 0) is 0 Å². The molecule has 2 unspecified atom stereocenters. The normalized spacial score (nSPS) is 16.3. The van der Waals surface area contributed by atoms with Crippen LogP contribution in [0.15, 0.2) is 11.6 Å². The van der Waals surface area contributed by atoms with Crippen molar-refractivity contribution in [2.75, 3.05) is 6.61 Å². The van der Waals surface area contributed by atoms with Crippen molar-refractivity contribution in [3.8, 4) is 0 Å². The van der Waals surface area contributed by atoms with E-state index in [0.29, 0.717) is 5.01 Å². The first-order chi connectivity index (χ1) is 5.25. The lowest BCUT2D eigenvalue weighted by atomic mass is 10.2. The molecule has 0 amide bonds. The van der Waals surface area contributed by atoms with Gasteiger partial charge in [0.2, 0.25) is 0 Å². The van der Waals surface area contributed by atoms with Gasteiger partial charge in [-0.15, -0.1) is 11.3 Å². The average molecular weight is 174 g/mol. The summed E-state index contributed by atoms with van der Waals surface area (Å²) in [6.45, 7) is -0.235. The third-order valence-corrected chi connectivity index (χ3v) is 2.17. The van der Waals surface area contributed by atoms with E-state index in [4.69, 9.17) is 10.8 Å². The van der Waals surface area contributed by atoms with E-state index >= 15 is 0 Å². The van der Waals surface area contributed by atoms with E-state index in [1.54, 1.807) is 11.6 Å². The Balaban J connectivity index is 2.62. The largest absolute Gasteiger partial charge is 0.395 e. The van der Waals surface area contributed by atoms with Crippen LogP contribution in [0.2, 0.25) is 0 Å². The predicted molar refractivity (Wildman–Crippen MR) is 42.1 cm³/mol. The van der Waals surface area contributed by atoms with Crippen LogP contribution in [0.5, 0.6) is 0 Å². The standard InChI is InChI=1S/C6H10N2O2S/c7-4(3-9)5(10)6-8-1-2-11-6/h1-2,4-5,9-10H,3,7H2. The number of nitrogens with two attached hydrogens (primary N) is 1. The number of rotatable bonds is 3. The van der Waals surface area contributed by atoms with Crippen molar-refractivity contribution >= 4 is 11.3 Å². The monoisotopic (exact) mass is 174 g/mol. The van der Waals surface area contributed by atoms with E-state index in [-0.39, 0.29) is 6.61 Å². The second kappa shape index (κ2) is 3.77. The first-order valence-electron chi connectivity index (χ1n) is 3.19. The van der Waals surface area contributed by atoms with Gasteiger partial charge in [-0.25, -0.2) is 4.98 Å². The molecule has 0 saturated carbocycles. The third-order valence-electron chi connectivity index (χ3n) is 1.32. The molecule has 2 atom stereocenters. The van der Waals surface area contributed by atoms with Gasteiger partial charge in [0.15, 0.2) is 0 Å². The van der Waals surface area contributed by atoms with Crippen molar-refractivity contribution in [2.45, 2.75) is 12.1 Å². The fourth-order valence-corrected chi connectivity index (χ4v) is 1.36. The number of nitrogens with zero attached hydrogens (tertiary/aromatic N) is 1. The highest BCUT2D eigenvalue weighted by molar-refractivity contribution is 7.09. The van der Waals surface area contributed by atoms with Crippen LogP contribution >= 0.6 is 11.3 Å². The third kappa shape index (κ3) is 1.97. The Morgan fingerprint density at radius 3 is 2.91 bits per heavy atom. The molecule has 1 aromatic rings. The summed E-state index contributed by atoms with van der Waals surface area (Å²) < 4.78 is 0. The van der Waals surface area contributed by atoms with Gasteiger partial charge in [0.25, 0.3) is 0 Å². The molecule has 4 N–H and O–H groups in total. The number of hydrogen-bond donors (Lipinski definition) is 3. The molecule has 5 heteroatoms. The maximum atomic E-state index is 9.34. The number of thiazole rings is 1. The average Bonchev–Trinajstić information content (AvgIpc) is 2.53. The number of aromatic nitrogens is 1. The van der Waals surface area contributed by atoms with Gasteiger partial charge in [0, 0.05) is 11.6 Å². The van der Waals surface area contributed by atoms with Crippen molar-refractivity contribution in [2.24, 2.45) is 5.73 Å². The van der Waals surface area contributed by atoms with E-state index in [1.807, 2.05) is 0 Å². The summed E-state index contributed by atoms with van der Waals surface area (Å²) in [4.78, 5) is 3.86. The van der Waals surface area contributed by atoms with Crippen LogP contribution < -0.4 is 5.73 Å². The van der Waals surface area contributed by atoms with Crippen LogP contribution in [0.25, 0.3) is 0 Å². The maximum Gasteiger partial charge on any atom is 0.123 e. The van der Waals surface area contributed by atoms with Gasteiger partial charge in [-0.3, -0.25) is 0 Å². The number of hydrogen-bond acceptors (Lipinski definition) is 5. The van der Waals surface area contributed by atoms with Crippen LogP contribution in [0.1, 0.15) is 11.1 Å². The lowest BCUT2D eigenvalue weighted by Gasteiger charge is -2.12. The molecule has 0 fully saturated rings.